The molecule has 15 heavy (non-hydrogen) atoms. The van der Waals surface area contributed by atoms with Crippen LogP contribution < -0.4 is 4.90 Å². The molecular formula is C10H12N2O3. The van der Waals surface area contributed by atoms with Gasteiger partial charge in [-0.05, 0) is 19.1 Å². The first-order valence-electron chi connectivity index (χ1n) is 4.45. The number of amides is 1. The van der Waals surface area contributed by atoms with E-state index >= 15 is 0 Å². The van der Waals surface area contributed by atoms with Crippen molar-refractivity contribution in [3.63, 3.8) is 0 Å². The molecule has 0 aliphatic carbocycles. The number of carboxylic acids is 1. The van der Waals surface area contributed by atoms with Crippen molar-refractivity contribution in [2.24, 2.45) is 5.92 Å². The fourth-order valence-corrected chi connectivity index (χ4v) is 1.06. The maximum Gasteiger partial charge on any atom is 0.315 e. The standard InChI is InChI=1S/C10H12N2O3/c1-7(10(14)15)9(13)12(2)8-5-3-4-6-11-8/h3-7H,1-2H3,(H,14,15). The maximum atomic E-state index is 11.6. The number of anilines is 1. The number of hydrogen-bond acceptors (Lipinski definition) is 3. The molecule has 0 spiro atoms. The quantitative estimate of drug-likeness (QED) is 0.744. The van der Waals surface area contributed by atoms with Crippen LogP contribution in [0.3, 0.4) is 0 Å². The molecule has 1 heterocycles. The Morgan fingerprint density at radius 3 is 2.60 bits per heavy atom. The van der Waals surface area contributed by atoms with Crippen molar-refractivity contribution < 1.29 is 14.7 Å². The molecule has 1 aromatic rings. The summed E-state index contributed by atoms with van der Waals surface area (Å²) in [5, 5.41) is 8.68. The highest BCUT2D eigenvalue weighted by Crippen LogP contribution is 2.10. The molecular weight excluding hydrogens is 196 g/mol. The van der Waals surface area contributed by atoms with E-state index in [1.807, 2.05) is 0 Å². The predicted molar refractivity (Wildman–Crippen MR) is 54.4 cm³/mol. The maximum absolute atomic E-state index is 11.6. The van der Waals surface area contributed by atoms with Crippen molar-refractivity contribution in [1.82, 2.24) is 4.98 Å². The molecule has 0 radical (unpaired) electrons. The lowest BCUT2D eigenvalue weighted by Gasteiger charge is -2.17. The van der Waals surface area contributed by atoms with Gasteiger partial charge >= 0.3 is 5.97 Å². The second-order valence-electron chi connectivity index (χ2n) is 3.15. The van der Waals surface area contributed by atoms with Crippen LogP contribution in [-0.2, 0) is 9.59 Å². The first kappa shape index (κ1) is 11.2. The van der Waals surface area contributed by atoms with Crippen LogP contribution in [0.5, 0.6) is 0 Å². The van der Waals surface area contributed by atoms with Gasteiger partial charge in [0.2, 0.25) is 5.91 Å². The molecule has 1 rings (SSSR count). The van der Waals surface area contributed by atoms with E-state index in [4.69, 9.17) is 5.11 Å². The molecule has 5 heteroatoms. The second-order valence-corrected chi connectivity index (χ2v) is 3.15. The Morgan fingerprint density at radius 1 is 1.47 bits per heavy atom. The molecule has 0 bridgehead atoms. The molecule has 1 amide bonds. The van der Waals surface area contributed by atoms with E-state index in [2.05, 4.69) is 4.98 Å². The lowest BCUT2D eigenvalue weighted by molar-refractivity contribution is -0.145. The van der Waals surface area contributed by atoms with E-state index in [0.717, 1.165) is 0 Å². The summed E-state index contributed by atoms with van der Waals surface area (Å²) in [6.07, 6.45) is 1.55. The Balaban J connectivity index is 2.82. The zero-order valence-electron chi connectivity index (χ0n) is 8.54. The monoisotopic (exact) mass is 208 g/mol. The zero-order valence-corrected chi connectivity index (χ0v) is 8.54. The fraction of sp³-hybridized carbons (Fsp3) is 0.300. The highest BCUT2D eigenvalue weighted by Gasteiger charge is 2.25. The molecule has 0 saturated carbocycles. The second kappa shape index (κ2) is 4.54. The topological polar surface area (TPSA) is 70.5 Å². The van der Waals surface area contributed by atoms with Crippen LogP contribution in [0.1, 0.15) is 6.92 Å². The third-order valence-corrected chi connectivity index (χ3v) is 2.06. The molecule has 1 N–H and O–H groups in total. The minimum Gasteiger partial charge on any atom is -0.481 e. The Morgan fingerprint density at radius 2 is 2.13 bits per heavy atom. The molecule has 1 aromatic heterocycles. The van der Waals surface area contributed by atoms with E-state index < -0.39 is 17.8 Å². The van der Waals surface area contributed by atoms with E-state index in [9.17, 15) is 9.59 Å². The van der Waals surface area contributed by atoms with Crippen molar-refractivity contribution >= 4 is 17.7 Å². The molecule has 0 aromatic carbocycles. The van der Waals surface area contributed by atoms with Crippen LogP contribution in [-0.4, -0.2) is 29.0 Å². The minimum atomic E-state index is -1.14. The molecule has 1 unspecified atom stereocenters. The normalized spacial score (nSPS) is 11.9. The molecule has 0 aliphatic rings. The number of pyridine rings is 1. The van der Waals surface area contributed by atoms with Gasteiger partial charge in [-0.3, -0.25) is 14.5 Å². The number of carbonyl (C=O) groups excluding carboxylic acids is 1. The van der Waals surface area contributed by atoms with Gasteiger partial charge in [-0.1, -0.05) is 6.07 Å². The first-order valence-corrected chi connectivity index (χ1v) is 4.45. The summed E-state index contributed by atoms with van der Waals surface area (Å²) in [5.74, 6) is -2.24. The Labute approximate surface area is 87.4 Å². The van der Waals surface area contributed by atoms with Gasteiger partial charge in [0.15, 0.2) is 0 Å². The molecule has 0 saturated heterocycles. The van der Waals surface area contributed by atoms with Crippen molar-refractivity contribution in [2.45, 2.75) is 6.92 Å². The minimum absolute atomic E-state index is 0.440. The summed E-state index contributed by atoms with van der Waals surface area (Å²) in [7, 11) is 1.50. The number of hydrogen-bond donors (Lipinski definition) is 1. The molecule has 5 nitrogen and oxygen atoms in total. The smallest absolute Gasteiger partial charge is 0.315 e. The van der Waals surface area contributed by atoms with Gasteiger partial charge in [0.05, 0.1) is 0 Å². The summed E-state index contributed by atoms with van der Waals surface area (Å²) < 4.78 is 0. The Bertz CT molecular complexity index is 364. The van der Waals surface area contributed by atoms with Crippen LogP contribution in [0.4, 0.5) is 5.82 Å². The van der Waals surface area contributed by atoms with Crippen LogP contribution in [0.25, 0.3) is 0 Å². The van der Waals surface area contributed by atoms with Gasteiger partial charge in [-0.15, -0.1) is 0 Å². The number of carbonyl (C=O) groups is 2. The van der Waals surface area contributed by atoms with Gasteiger partial charge in [0, 0.05) is 13.2 Å². The lowest BCUT2D eigenvalue weighted by atomic mass is 10.1. The highest BCUT2D eigenvalue weighted by molar-refractivity contribution is 6.04. The van der Waals surface area contributed by atoms with Gasteiger partial charge in [0.1, 0.15) is 11.7 Å². The third-order valence-electron chi connectivity index (χ3n) is 2.06. The van der Waals surface area contributed by atoms with Crippen LogP contribution in [0.15, 0.2) is 24.4 Å². The molecule has 1 atom stereocenters. The molecule has 0 fully saturated rings. The average Bonchev–Trinajstić information content (AvgIpc) is 2.27. The summed E-state index contributed by atoms with van der Waals surface area (Å²) in [4.78, 5) is 27.4. The van der Waals surface area contributed by atoms with Crippen LogP contribution in [0.2, 0.25) is 0 Å². The molecule has 0 aliphatic heterocycles. The van der Waals surface area contributed by atoms with E-state index in [-0.39, 0.29) is 0 Å². The first-order chi connectivity index (χ1) is 7.04. The number of nitrogens with zero attached hydrogens (tertiary/aromatic N) is 2. The van der Waals surface area contributed by atoms with Crippen LogP contribution >= 0.6 is 0 Å². The number of aliphatic carboxylic acids is 1. The summed E-state index contributed by atoms with van der Waals surface area (Å²) in [6, 6.07) is 5.10. The van der Waals surface area contributed by atoms with Crippen LogP contribution in [0, 0.1) is 5.92 Å². The van der Waals surface area contributed by atoms with Crippen molar-refractivity contribution in [2.75, 3.05) is 11.9 Å². The highest BCUT2D eigenvalue weighted by atomic mass is 16.4. The SMILES string of the molecule is CC(C(=O)O)C(=O)N(C)c1ccccn1. The zero-order chi connectivity index (χ0) is 11.4. The largest absolute Gasteiger partial charge is 0.481 e. The van der Waals surface area contributed by atoms with Gasteiger partial charge in [-0.2, -0.15) is 0 Å². The summed E-state index contributed by atoms with van der Waals surface area (Å²) in [6.45, 7) is 1.35. The van der Waals surface area contributed by atoms with Gasteiger partial charge < -0.3 is 5.11 Å². The third kappa shape index (κ3) is 2.52. The van der Waals surface area contributed by atoms with E-state index in [1.165, 1.54) is 18.9 Å². The van der Waals surface area contributed by atoms with Crippen molar-refractivity contribution in [3.8, 4) is 0 Å². The average molecular weight is 208 g/mol. The fourth-order valence-electron chi connectivity index (χ4n) is 1.06. The number of rotatable bonds is 3. The summed E-state index contributed by atoms with van der Waals surface area (Å²) in [5.41, 5.74) is 0. The predicted octanol–water partition coefficient (Wildman–Crippen LogP) is 0.765. The molecule has 80 valence electrons. The van der Waals surface area contributed by atoms with Gasteiger partial charge in [-0.25, -0.2) is 4.98 Å². The summed E-state index contributed by atoms with van der Waals surface area (Å²) >= 11 is 0. The van der Waals surface area contributed by atoms with E-state index in [0.29, 0.717) is 5.82 Å². The van der Waals surface area contributed by atoms with Crippen molar-refractivity contribution in [3.05, 3.63) is 24.4 Å². The lowest BCUT2D eigenvalue weighted by Crippen LogP contribution is -2.35. The number of carboxylic acid groups (broad SMARTS) is 1. The Kier molecular flexibility index (Phi) is 3.38. The van der Waals surface area contributed by atoms with Crippen molar-refractivity contribution in [1.29, 1.82) is 0 Å². The van der Waals surface area contributed by atoms with E-state index in [1.54, 1.807) is 24.4 Å². The van der Waals surface area contributed by atoms with Gasteiger partial charge in [0.25, 0.3) is 0 Å². The number of aromatic nitrogens is 1. The Hall–Kier alpha value is -1.91.